The van der Waals surface area contributed by atoms with Crippen molar-refractivity contribution in [1.29, 1.82) is 0 Å². The Morgan fingerprint density at radius 3 is 2.81 bits per heavy atom. The predicted octanol–water partition coefficient (Wildman–Crippen LogP) is 3.27. The summed E-state index contributed by atoms with van der Waals surface area (Å²) in [6.45, 7) is 0.951. The lowest BCUT2D eigenvalue weighted by atomic mass is 10.1. The number of benzene rings is 1. The molecule has 31 heavy (non-hydrogen) atoms. The molecule has 162 valence electrons. The van der Waals surface area contributed by atoms with Gasteiger partial charge in [-0.25, -0.2) is 14.4 Å². The van der Waals surface area contributed by atoms with E-state index in [2.05, 4.69) is 15.3 Å². The van der Waals surface area contributed by atoms with Crippen molar-refractivity contribution in [2.24, 2.45) is 0 Å². The molecule has 7 nitrogen and oxygen atoms in total. The second-order valence-electron chi connectivity index (χ2n) is 7.32. The molecule has 3 heterocycles. The second kappa shape index (κ2) is 9.55. The maximum Gasteiger partial charge on any atom is 0.251 e. The van der Waals surface area contributed by atoms with Gasteiger partial charge in [-0.1, -0.05) is 11.6 Å². The summed E-state index contributed by atoms with van der Waals surface area (Å²) in [6.07, 6.45) is 4.92. The average Bonchev–Trinajstić information content (AvgIpc) is 2.78. The molecule has 3 aromatic rings. The van der Waals surface area contributed by atoms with Crippen molar-refractivity contribution in [3.8, 4) is 11.3 Å². The highest BCUT2D eigenvalue weighted by atomic mass is 35.5. The number of halogens is 2. The van der Waals surface area contributed by atoms with Crippen molar-refractivity contribution in [3.05, 3.63) is 75.5 Å². The van der Waals surface area contributed by atoms with Crippen LogP contribution in [0.5, 0.6) is 0 Å². The van der Waals surface area contributed by atoms with Crippen LogP contribution in [0.2, 0.25) is 5.02 Å². The fraction of sp³-hybridized carbons (Fsp3) is 0.318. The van der Waals surface area contributed by atoms with Crippen LogP contribution in [0, 0.1) is 5.82 Å². The van der Waals surface area contributed by atoms with E-state index < -0.39 is 24.0 Å². The molecule has 1 aliphatic heterocycles. The van der Waals surface area contributed by atoms with E-state index in [1.54, 1.807) is 18.3 Å². The monoisotopic (exact) mass is 444 g/mol. The Morgan fingerprint density at radius 2 is 2.06 bits per heavy atom. The lowest BCUT2D eigenvalue weighted by Gasteiger charge is -2.23. The fourth-order valence-electron chi connectivity index (χ4n) is 3.63. The van der Waals surface area contributed by atoms with Crippen molar-refractivity contribution >= 4 is 17.5 Å². The first-order valence-corrected chi connectivity index (χ1v) is 10.4. The van der Waals surface area contributed by atoms with Gasteiger partial charge in [-0.3, -0.25) is 4.79 Å². The molecular weight excluding hydrogens is 423 g/mol. The number of hydrogen-bond acceptors (Lipinski definition) is 6. The maximum atomic E-state index is 14.3. The Balaban J connectivity index is 1.60. The molecule has 1 saturated heterocycles. The van der Waals surface area contributed by atoms with Crippen molar-refractivity contribution in [3.63, 3.8) is 0 Å². The number of aliphatic hydroxyl groups is 1. The van der Waals surface area contributed by atoms with Gasteiger partial charge < -0.3 is 19.7 Å². The number of rotatable bonds is 6. The Labute approximate surface area is 183 Å². The van der Waals surface area contributed by atoms with E-state index in [1.165, 1.54) is 35.0 Å². The topological polar surface area (TPSA) is 89.3 Å². The number of nitrogens with zero attached hydrogens (tertiary/aromatic N) is 3. The van der Waals surface area contributed by atoms with Gasteiger partial charge in [0.15, 0.2) is 0 Å². The van der Waals surface area contributed by atoms with Crippen LogP contribution in [0.1, 0.15) is 24.4 Å². The van der Waals surface area contributed by atoms with Gasteiger partial charge in [0.1, 0.15) is 5.82 Å². The summed E-state index contributed by atoms with van der Waals surface area (Å²) in [7, 11) is 0. The molecule has 0 radical (unpaired) electrons. The van der Waals surface area contributed by atoms with Crippen LogP contribution in [0.15, 0.2) is 53.6 Å². The normalized spacial score (nSPS) is 15.6. The molecule has 0 amide bonds. The Bertz CT molecular complexity index is 1120. The molecule has 0 spiro atoms. The number of ether oxygens (including phenoxy) is 1. The summed E-state index contributed by atoms with van der Waals surface area (Å²) in [5, 5.41) is 13.5. The number of pyridine rings is 1. The molecule has 1 aromatic carbocycles. The number of nitrogens with one attached hydrogen (secondary N) is 1. The highest BCUT2D eigenvalue weighted by Crippen LogP contribution is 2.25. The fourth-order valence-corrected chi connectivity index (χ4v) is 3.81. The molecule has 9 heteroatoms. The van der Waals surface area contributed by atoms with E-state index in [-0.39, 0.29) is 11.6 Å². The lowest BCUT2D eigenvalue weighted by Crippen LogP contribution is -2.28. The molecule has 0 unspecified atom stereocenters. The summed E-state index contributed by atoms with van der Waals surface area (Å²) in [5.41, 5.74) is 0.938. The quantitative estimate of drug-likeness (QED) is 0.606. The molecule has 2 N–H and O–H groups in total. The maximum absolute atomic E-state index is 14.3. The molecule has 0 aliphatic carbocycles. The van der Waals surface area contributed by atoms with E-state index in [0.717, 1.165) is 12.8 Å². The van der Waals surface area contributed by atoms with E-state index in [9.17, 15) is 14.3 Å². The summed E-state index contributed by atoms with van der Waals surface area (Å²) < 4.78 is 20.9. The minimum atomic E-state index is -0.892. The third kappa shape index (κ3) is 4.92. The number of anilines is 1. The van der Waals surface area contributed by atoms with Crippen LogP contribution in [0.4, 0.5) is 10.3 Å². The highest BCUT2D eigenvalue weighted by molar-refractivity contribution is 6.30. The van der Waals surface area contributed by atoms with Crippen molar-refractivity contribution < 1.29 is 14.2 Å². The Morgan fingerprint density at radius 1 is 1.26 bits per heavy atom. The average molecular weight is 445 g/mol. The summed E-state index contributed by atoms with van der Waals surface area (Å²) >= 11 is 5.97. The van der Waals surface area contributed by atoms with Gasteiger partial charge in [0.05, 0.1) is 18.3 Å². The number of aromatic nitrogens is 3. The lowest BCUT2D eigenvalue weighted by molar-refractivity contribution is 0.0903. The molecule has 2 aromatic heterocycles. The third-order valence-electron chi connectivity index (χ3n) is 5.28. The zero-order valence-electron chi connectivity index (χ0n) is 16.7. The molecule has 1 fully saturated rings. The van der Waals surface area contributed by atoms with E-state index in [4.69, 9.17) is 16.3 Å². The van der Waals surface area contributed by atoms with Crippen LogP contribution in [-0.2, 0) is 4.74 Å². The molecule has 4 rings (SSSR count). The van der Waals surface area contributed by atoms with Gasteiger partial charge >= 0.3 is 0 Å². The Kier molecular flexibility index (Phi) is 6.60. The van der Waals surface area contributed by atoms with Crippen LogP contribution >= 0.6 is 11.6 Å². The first kappa shape index (κ1) is 21.4. The van der Waals surface area contributed by atoms with Gasteiger partial charge in [0.2, 0.25) is 5.95 Å². The second-order valence-corrected chi connectivity index (χ2v) is 7.76. The zero-order chi connectivity index (χ0) is 21.8. The Hall–Kier alpha value is -2.81. The van der Waals surface area contributed by atoms with Gasteiger partial charge in [0, 0.05) is 53.9 Å². The van der Waals surface area contributed by atoms with Gasteiger partial charge in [-0.2, -0.15) is 0 Å². The summed E-state index contributed by atoms with van der Waals surface area (Å²) in [5.74, 6) is -0.0538. The first-order valence-electron chi connectivity index (χ1n) is 10.0. The van der Waals surface area contributed by atoms with E-state index in [1.807, 2.05) is 0 Å². The molecule has 0 bridgehead atoms. The molecular formula is C22H22ClFN4O3. The van der Waals surface area contributed by atoms with Crippen LogP contribution in [0.3, 0.4) is 0 Å². The van der Waals surface area contributed by atoms with Crippen molar-refractivity contribution in [2.45, 2.75) is 24.9 Å². The molecule has 1 atom stereocenters. The minimum Gasteiger partial charge on any atom is -0.394 e. The standard InChI is InChI=1S/C22H22ClFN4O3/c23-15-1-2-18(24)17(12-15)20(13-29)28-8-4-14(11-21(28)30)19-3-7-25-22(27-19)26-16-5-9-31-10-6-16/h1-4,7-8,11-12,16,20,29H,5-6,9-10,13H2,(H,25,26,27)/t20-/m1/s1. The highest BCUT2D eigenvalue weighted by Gasteiger charge is 2.19. The predicted molar refractivity (Wildman–Crippen MR) is 116 cm³/mol. The third-order valence-corrected chi connectivity index (χ3v) is 5.51. The van der Waals surface area contributed by atoms with Crippen LogP contribution < -0.4 is 10.9 Å². The summed E-state index contributed by atoms with van der Waals surface area (Å²) in [4.78, 5) is 21.6. The number of hydrogen-bond donors (Lipinski definition) is 2. The van der Waals surface area contributed by atoms with Crippen LogP contribution in [-0.4, -0.2) is 45.5 Å². The van der Waals surface area contributed by atoms with Crippen molar-refractivity contribution in [1.82, 2.24) is 14.5 Å². The van der Waals surface area contributed by atoms with Crippen molar-refractivity contribution in [2.75, 3.05) is 25.1 Å². The zero-order valence-corrected chi connectivity index (χ0v) is 17.4. The first-order chi connectivity index (χ1) is 15.0. The SMILES string of the molecule is O=c1cc(-c2ccnc(NC3CCOCC3)n2)ccn1[C@H](CO)c1cc(Cl)ccc1F. The van der Waals surface area contributed by atoms with Crippen LogP contribution in [0.25, 0.3) is 11.3 Å². The summed E-state index contributed by atoms with van der Waals surface area (Å²) in [6, 6.07) is 8.23. The molecule has 1 aliphatic rings. The minimum absolute atomic E-state index is 0.148. The smallest absolute Gasteiger partial charge is 0.251 e. The largest absolute Gasteiger partial charge is 0.394 e. The van der Waals surface area contributed by atoms with Gasteiger partial charge in [-0.15, -0.1) is 0 Å². The van der Waals surface area contributed by atoms with Gasteiger partial charge in [-0.05, 0) is 43.2 Å². The number of aliphatic hydroxyl groups excluding tert-OH is 1. The van der Waals surface area contributed by atoms with E-state index >= 15 is 0 Å². The van der Waals surface area contributed by atoms with E-state index in [0.29, 0.717) is 35.4 Å². The molecule has 0 saturated carbocycles. The van der Waals surface area contributed by atoms with Gasteiger partial charge in [0.25, 0.3) is 5.56 Å².